The van der Waals surface area contributed by atoms with Gasteiger partial charge in [0.15, 0.2) is 5.82 Å². The van der Waals surface area contributed by atoms with E-state index in [1.807, 2.05) is 51.3 Å². The van der Waals surface area contributed by atoms with E-state index in [4.69, 9.17) is 4.98 Å². The van der Waals surface area contributed by atoms with Gasteiger partial charge in [-0.05, 0) is 50.5 Å². The van der Waals surface area contributed by atoms with Crippen LogP contribution in [0.5, 0.6) is 0 Å². The number of rotatable bonds is 8. The normalized spacial score (nSPS) is 11.6. The van der Waals surface area contributed by atoms with Crippen LogP contribution in [-0.2, 0) is 0 Å². The summed E-state index contributed by atoms with van der Waals surface area (Å²) in [5.41, 5.74) is 6.09. The number of imidazole rings is 1. The average molecular weight is 554 g/mol. The molecule has 3 N–H and O–H groups in total. The number of H-pyrrole nitrogens is 2. The fourth-order valence-electron chi connectivity index (χ4n) is 4.77. The van der Waals surface area contributed by atoms with Crippen molar-refractivity contribution in [2.75, 3.05) is 51.5 Å². The summed E-state index contributed by atoms with van der Waals surface area (Å²) in [7, 11) is 7.79. The number of benzene rings is 2. The fourth-order valence-corrected chi connectivity index (χ4v) is 4.77. The van der Waals surface area contributed by atoms with E-state index in [0.29, 0.717) is 62.6 Å². The van der Waals surface area contributed by atoms with Gasteiger partial charge < -0.3 is 20.1 Å². The van der Waals surface area contributed by atoms with Crippen LogP contribution in [0.3, 0.4) is 0 Å². The molecule has 11 heteroatoms. The largest absolute Gasteiger partial charge is 0.384 e. The molecular formula is C30H29F2N9. The van der Waals surface area contributed by atoms with Gasteiger partial charge in [-0.3, -0.25) is 15.1 Å². The lowest BCUT2D eigenvalue weighted by molar-refractivity contribution is 0.425. The van der Waals surface area contributed by atoms with E-state index < -0.39 is 0 Å². The minimum atomic E-state index is -0.386. The quantitative estimate of drug-likeness (QED) is 0.227. The summed E-state index contributed by atoms with van der Waals surface area (Å²) in [4.78, 5) is 20.9. The van der Waals surface area contributed by atoms with Crippen LogP contribution in [0.25, 0.3) is 55.8 Å². The molecule has 6 aromatic rings. The molecule has 4 aromatic heterocycles. The van der Waals surface area contributed by atoms with Crippen LogP contribution < -0.4 is 10.2 Å². The smallest absolute Gasteiger partial charge is 0.159 e. The summed E-state index contributed by atoms with van der Waals surface area (Å²) in [5.74, 6) is -0.272. The van der Waals surface area contributed by atoms with E-state index in [0.717, 1.165) is 17.7 Å². The van der Waals surface area contributed by atoms with Gasteiger partial charge in [0.25, 0.3) is 0 Å². The Bertz CT molecular complexity index is 1870. The van der Waals surface area contributed by atoms with Crippen LogP contribution in [-0.4, -0.2) is 76.3 Å². The lowest BCUT2D eigenvalue weighted by Gasteiger charge is -2.13. The third-order valence-corrected chi connectivity index (χ3v) is 6.89. The molecule has 0 aliphatic carbocycles. The van der Waals surface area contributed by atoms with Crippen LogP contribution in [0, 0.1) is 11.6 Å². The summed E-state index contributed by atoms with van der Waals surface area (Å²) < 4.78 is 29.8. The Balaban J connectivity index is 1.41. The molecule has 0 spiro atoms. The van der Waals surface area contributed by atoms with Gasteiger partial charge in [0.05, 0.1) is 28.6 Å². The van der Waals surface area contributed by atoms with Crippen molar-refractivity contribution in [3.05, 3.63) is 72.7 Å². The first-order valence-electron chi connectivity index (χ1n) is 13.1. The van der Waals surface area contributed by atoms with Gasteiger partial charge in [0.2, 0.25) is 0 Å². The topological polar surface area (TPSA) is 102 Å². The van der Waals surface area contributed by atoms with Gasteiger partial charge in [0.1, 0.15) is 22.8 Å². The SMILES string of the molecule is CN(C)CCNc1cc(F)cc(-c2nccc3[nH]c(-c4n[nH]c5cc(F)c(-c6cncc(N(C)C)c6)cc45)nc23)c1. The van der Waals surface area contributed by atoms with Gasteiger partial charge in [-0.2, -0.15) is 5.10 Å². The van der Waals surface area contributed by atoms with Crippen LogP contribution >= 0.6 is 0 Å². The minimum Gasteiger partial charge on any atom is -0.384 e. The number of likely N-dealkylation sites (N-methyl/N-ethyl adjacent to an activating group) is 1. The maximum atomic E-state index is 15.2. The number of anilines is 2. The monoisotopic (exact) mass is 553 g/mol. The van der Waals surface area contributed by atoms with Crippen LogP contribution in [0.1, 0.15) is 0 Å². The average Bonchev–Trinajstić information content (AvgIpc) is 3.55. The third kappa shape index (κ3) is 5.19. The zero-order valence-corrected chi connectivity index (χ0v) is 23.1. The second-order valence-corrected chi connectivity index (χ2v) is 10.4. The zero-order chi connectivity index (χ0) is 28.7. The van der Waals surface area contributed by atoms with Crippen molar-refractivity contribution in [2.24, 2.45) is 0 Å². The highest BCUT2D eigenvalue weighted by Crippen LogP contribution is 2.35. The summed E-state index contributed by atoms with van der Waals surface area (Å²) in [5, 5.41) is 11.3. The highest BCUT2D eigenvalue weighted by atomic mass is 19.1. The zero-order valence-electron chi connectivity index (χ0n) is 23.1. The van der Waals surface area contributed by atoms with E-state index in [1.165, 1.54) is 18.2 Å². The molecule has 0 atom stereocenters. The number of pyridine rings is 2. The molecular weight excluding hydrogens is 524 g/mol. The Hall–Kier alpha value is -4.90. The van der Waals surface area contributed by atoms with Crippen molar-refractivity contribution in [3.63, 3.8) is 0 Å². The molecule has 0 radical (unpaired) electrons. The van der Waals surface area contributed by atoms with E-state index in [-0.39, 0.29) is 11.6 Å². The van der Waals surface area contributed by atoms with Crippen molar-refractivity contribution in [3.8, 4) is 33.9 Å². The molecule has 9 nitrogen and oxygen atoms in total. The standard InChI is InChI=1S/C30H29F2N9/c1-40(2)8-7-34-20-10-17(9-19(31)12-20)27-29-25(5-6-35-27)36-30(37-29)28-23-13-22(24(32)14-26(23)38-39-28)18-11-21(41(3)4)16-33-15-18/h5-6,9-16,34H,7-8H2,1-4H3,(H,36,37)(H,38,39). The highest BCUT2D eigenvalue weighted by Gasteiger charge is 2.19. The molecule has 0 fully saturated rings. The Labute approximate surface area is 235 Å². The van der Waals surface area contributed by atoms with Crippen molar-refractivity contribution >= 4 is 33.3 Å². The van der Waals surface area contributed by atoms with Crippen LogP contribution in [0.4, 0.5) is 20.2 Å². The first kappa shape index (κ1) is 26.3. The predicted molar refractivity (Wildman–Crippen MR) is 159 cm³/mol. The minimum absolute atomic E-state index is 0.370. The van der Waals surface area contributed by atoms with Crippen molar-refractivity contribution in [2.45, 2.75) is 0 Å². The van der Waals surface area contributed by atoms with E-state index in [1.54, 1.807) is 24.7 Å². The molecule has 0 aliphatic rings. The maximum absolute atomic E-state index is 15.2. The second kappa shape index (κ2) is 10.6. The number of halogens is 2. The van der Waals surface area contributed by atoms with Crippen LogP contribution in [0.15, 0.2) is 61.1 Å². The molecule has 208 valence electrons. The summed E-state index contributed by atoms with van der Waals surface area (Å²) in [6, 6.07) is 11.7. The Morgan fingerprint density at radius 2 is 1.76 bits per heavy atom. The number of hydrogen-bond donors (Lipinski definition) is 3. The Morgan fingerprint density at radius 3 is 2.56 bits per heavy atom. The molecule has 4 heterocycles. The molecule has 0 amide bonds. The summed E-state index contributed by atoms with van der Waals surface area (Å²) in [6.45, 7) is 1.48. The fraction of sp³-hybridized carbons (Fsp3) is 0.200. The Kier molecular flexibility index (Phi) is 6.80. The van der Waals surface area contributed by atoms with Gasteiger partial charge in [-0.25, -0.2) is 13.8 Å². The molecule has 0 unspecified atom stereocenters. The van der Waals surface area contributed by atoms with E-state index in [2.05, 4.69) is 35.4 Å². The van der Waals surface area contributed by atoms with Gasteiger partial charge >= 0.3 is 0 Å². The first-order valence-corrected chi connectivity index (χ1v) is 13.1. The number of aromatic nitrogens is 6. The Morgan fingerprint density at radius 1 is 0.902 bits per heavy atom. The predicted octanol–water partition coefficient (Wildman–Crippen LogP) is 5.55. The van der Waals surface area contributed by atoms with Crippen LogP contribution in [0.2, 0.25) is 0 Å². The van der Waals surface area contributed by atoms with Crippen molar-refractivity contribution in [1.29, 1.82) is 0 Å². The second-order valence-electron chi connectivity index (χ2n) is 10.4. The molecule has 2 aromatic carbocycles. The number of aromatic amines is 2. The first-order chi connectivity index (χ1) is 19.8. The molecule has 6 rings (SSSR count). The number of nitrogens with one attached hydrogen (secondary N) is 3. The summed E-state index contributed by atoms with van der Waals surface area (Å²) >= 11 is 0. The molecule has 0 saturated heterocycles. The van der Waals surface area contributed by atoms with Gasteiger partial charge in [-0.1, -0.05) is 0 Å². The molecule has 0 saturated carbocycles. The maximum Gasteiger partial charge on any atom is 0.159 e. The molecule has 0 bridgehead atoms. The number of hydrogen-bond acceptors (Lipinski definition) is 7. The number of nitrogens with zero attached hydrogens (tertiary/aromatic N) is 6. The van der Waals surface area contributed by atoms with E-state index in [9.17, 15) is 4.39 Å². The van der Waals surface area contributed by atoms with Gasteiger partial charge in [0, 0.05) is 73.4 Å². The van der Waals surface area contributed by atoms with E-state index >= 15 is 4.39 Å². The summed E-state index contributed by atoms with van der Waals surface area (Å²) in [6.07, 6.45) is 5.02. The van der Waals surface area contributed by atoms with Crippen molar-refractivity contribution < 1.29 is 8.78 Å². The number of fused-ring (bicyclic) bond motifs is 2. The third-order valence-electron chi connectivity index (χ3n) is 6.89. The highest BCUT2D eigenvalue weighted by molar-refractivity contribution is 5.98. The lowest BCUT2D eigenvalue weighted by Crippen LogP contribution is -2.20. The van der Waals surface area contributed by atoms with Gasteiger partial charge in [-0.15, -0.1) is 0 Å². The lowest BCUT2D eigenvalue weighted by atomic mass is 10.0. The van der Waals surface area contributed by atoms with Crippen molar-refractivity contribution in [1.82, 2.24) is 35.0 Å². The molecule has 41 heavy (non-hydrogen) atoms. The molecule has 0 aliphatic heterocycles.